The Balaban J connectivity index is 2.05. The van der Waals surface area contributed by atoms with Crippen molar-refractivity contribution in [2.45, 2.75) is 32.4 Å². The molecule has 0 aliphatic carbocycles. The van der Waals surface area contributed by atoms with Crippen molar-refractivity contribution in [2.75, 3.05) is 6.61 Å². The van der Waals surface area contributed by atoms with E-state index in [0.717, 1.165) is 18.3 Å². The molecular formula is C14H19Cl2N3OSi. The Bertz CT molecular complexity index is 590. The summed E-state index contributed by atoms with van der Waals surface area (Å²) in [6.07, 6.45) is 1.95. The average molecular weight is 344 g/mol. The van der Waals surface area contributed by atoms with Crippen LogP contribution in [0.4, 0.5) is 0 Å². The average Bonchev–Trinajstić information content (AvgIpc) is 2.80. The maximum Gasteiger partial charge on any atom is 0.224 e. The molecule has 0 spiro atoms. The molecule has 0 aliphatic heterocycles. The number of aromatic nitrogens is 3. The van der Waals surface area contributed by atoms with Gasteiger partial charge in [-0.1, -0.05) is 31.2 Å². The lowest BCUT2D eigenvalue weighted by molar-refractivity contribution is 0.0885. The third-order valence-corrected chi connectivity index (χ3v) is 5.05. The molecule has 0 fully saturated rings. The lowest BCUT2D eigenvalue weighted by atomic mass is 10.3. The Morgan fingerprint density at radius 2 is 2.00 bits per heavy atom. The highest BCUT2D eigenvalue weighted by Crippen LogP contribution is 2.22. The van der Waals surface area contributed by atoms with Gasteiger partial charge >= 0.3 is 0 Å². The topological polar surface area (TPSA) is 39.9 Å². The predicted molar refractivity (Wildman–Crippen MR) is 89.6 cm³/mol. The van der Waals surface area contributed by atoms with Crippen molar-refractivity contribution in [2.24, 2.45) is 0 Å². The van der Waals surface area contributed by atoms with Crippen LogP contribution in [0.2, 0.25) is 36.1 Å². The van der Waals surface area contributed by atoms with Crippen LogP contribution in [0.5, 0.6) is 0 Å². The molecule has 2 heterocycles. The number of halogens is 2. The zero-order chi connectivity index (χ0) is 15.5. The molecule has 4 nitrogen and oxygen atoms in total. The molecule has 0 saturated carbocycles. The first-order chi connectivity index (χ1) is 9.85. The van der Waals surface area contributed by atoms with Crippen LogP contribution < -0.4 is 0 Å². The molecule has 0 bridgehead atoms. The molecular weight excluding hydrogens is 325 g/mol. The van der Waals surface area contributed by atoms with Crippen LogP contribution in [-0.4, -0.2) is 29.2 Å². The monoisotopic (exact) mass is 343 g/mol. The SMILES string of the molecule is C[Si](C)(C)CCOCn1cccc1-c1cc(Cl)nc(Cl)n1. The van der Waals surface area contributed by atoms with E-state index in [9.17, 15) is 0 Å². The minimum Gasteiger partial charge on any atom is -0.361 e. The highest BCUT2D eigenvalue weighted by Gasteiger charge is 2.13. The van der Waals surface area contributed by atoms with Crippen LogP contribution in [0.3, 0.4) is 0 Å². The molecule has 7 heteroatoms. The Morgan fingerprint density at radius 3 is 2.67 bits per heavy atom. The normalized spacial score (nSPS) is 11.9. The highest BCUT2D eigenvalue weighted by molar-refractivity contribution is 6.76. The van der Waals surface area contributed by atoms with Gasteiger partial charge in [0.05, 0.1) is 11.4 Å². The molecule has 2 rings (SSSR count). The first kappa shape index (κ1) is 16.5. The van der Waals surface area contributed by atoms with Gasteiger partial charge in [-0.2, -0.15) is 0 Å². The van der Waals surface area contributed by atoms with Crippen LogP contribution in [-0.2, 0) is 11.5 Å². The van der Waals surface area contributed by atoms with E-state index in [4.69, 9.17) is 27.9 Å². The molecule has 0 amide bonds. The first-order valence-corrected chi connectivity index (χ1v) is 11.2. The fourth-order valence-electron chi connectivity index (χ4n) is 1.82. The largest absolute Gasteiger partial charge is 0.361 e. The van der Waals surface area contributed by atoms with E-state index in [1.165, 1.54) is 0 Å². The van der Waals surface area contributed by atoms with Crippen molar-refractivity contribution >= 4 is 31.3 Å². The summed E-state index contributed by atoms with van der Waals surface area (Å²) in [5, 5.41) is 0.474. The van der Waals surface area contributed by atoms with E-state index >= 15 is 0 Å². The number of hydrogen-bond acceptors (Lipinski definition) is 3. The van der Waals surface area contributed by atoms with Crippen molar-refractivity contribution < 1.29 is 4.74 Å². The third kappa shape index (κ3) is 5.11. The van der Waals surface area contributed by atoms with Gasteiger partial charge in [0.25, 0.3) is 0 Å². The Labute approximate surface area is 136 Å². The zero-order valence-corrected chi connectivity index (χ0v) is 14.9. The van der Waals surface area contributed by atoms with Gasteiger partial charge in [-0.15, -0.1) is 0 Å². The van der Waals surface area contributed by atoms with Crippen LogP contribution in [0, 0.1) is 0 Å². The van der Waals surface area contributed by atoms with Crippen molar-refractivity contribution in [1.82, 2.24) is 14.5 Å². The molecule has 0 aliphatic rings. The smallest absolute Gasteiger partial charge is 0.224 e. The van der Waals surface area contributed by atoms with E-state index in [0.29, 0.717) is 17.6 Å². The molecule has 2 aromatic rings. The Morgan fingerprint density at radius 1 is 1.24 bits per heavy atom. The standard InChI is InChI=1S/C14H19Cl2N3OSi/c1-21(2,3)8-7-20-10-19-6-4-5-12(19)11-9-13(15)18-14(16)17-11/h4-6,9H,7-8,10H2,1-3H3. The van der Waals surface area contributed by atoms with Gasteiger partial charge in [-0.3, -0.25) is 0 Å². The molecule has 0 N–H and O–H groups in total. The summed E-state index contributed by atoms with van der Waals surface area (Å²) in [6, 6.07) is 6.74. The van der Waals surface area contributed by atoms with Gasteiger partial charge in [0, 0.05) is 26.9 Å². The Hall–Kier alpha value is -0.883. The maximum absolute atomic E-state index is 5.92. The molecule has 0 atom stereocenters. The van der Waals surface area contributed by atoms with Crippen LogP contribution in [0.25, 0.3) is 11.4 Å². The molecule has 0 radical (unpaired) electrons. The maximum atomic E-state index is 5.92. The minimum absolute atomic E-state index is 0.143. The van der Waals surface area contributed by atoms with Gasteiger partial charge < -0.3 is 9.30 Å². The molecule has 0 saturated heterocycles. The first-order valence-electron chi connectivity index (χ1n) is 6.78. The van der Waals surface area contributed by atoms with Gasteiger partial charge in [-0.05, 0) is 29.8 Å². The molecule has 21 heavy (non-hydrogen) atoms. The lowest BCUT2D eigenvalue weighted by Gasteiger charge is -2.16. The van der Waals surface area contributed by atoms with Crippen molar-refractivity contribution in [3.05, 3.63) is 34.8 Å². The number of nitrogens with zero attached hydrogens (tertiary/aromatic N) is 3. The number of hydrogen-bond donors (Lipinski definition) is 0. The predicted octanol–water partition coefficient (Wildman–Crippen LogP) is 4.56. The second-order valence-corrected chi connectivity index (χ2v) is 12.4. The molecule has 114 valence electrons. The summed E-state index contributed by atoms with van der Waals surface area (Å²) in [4.78, 5) is 8.07. The summed E-state index contributed by atoms with van der Waals surface area (Å²) < 4.78 is 7.75. The van der Waals surface area contributed by atoms with Crippen LogP contribution in [0.1, 0.15) is 0 Å². The second-order valence-electron chi connectivity index (χ2n) is 6.06. The number of ether oxygens (including phenoxy) is 1. The summed E-state index contributed by atoms with van der Waals surface area (Å²) in [7, 11) is -1.06. The molecule has 2 aromatic heterocycles. The fourth-order valence-corrected chi connectivity index (χ4v) is 2.99. The van der Waals surface area contributed by atoms with Crippen molar-refractivity contribution in [1.29, 1.82) is 0 Å². The van der Waals surface area contributed by atoms with Gasteiger partial charge in [0.1, 0.15) is 11.9 Å². The summed E-state index contributed by atoms with van der Waals surface area (Å²) in [5.41, 5.74) is 1.60. The van der Waals surface area contributed by atoms with Gasteiger partial charge in [0.15, 0.2) is 0 Å². The fraction of sp³-hybridized carbons (Fsp3) is 0.429. The van der Waals surface area contributed by atoms with Crippen molar-refractivity contribution in [3.63, 3.8) is 0 Å². The third-order valence-electron chi connectivity index (χ3n) is 2.99. The molecule has 0 aromatic carbocycles. The molecule has 0 unspecified atom stereocenters. The minimum atomic E-state index is -1.06. The van der Waals surface area contributed by atoms with Crippen molar-refractivity contribution in [3.8, 4) is 11.4 Å². The summed E-state index contributed by atoms with van der Waals surface area (Å²) in [5.74, 6) is 0. The van der Waals surface area contributed by atoms with E-state index in [2.05, 4.69) is 29.6 Å². The van der Waals surface area contributed by atoms with E-state index < -0.39 is 8.07 Å². The number of rotatable bonds is 6. The van der Waals surface area contributed by atoms with Crippen LogP contribution >= 0.6 is 23.2 Å². The van der Waals surface area contributed by atoms with E-state index in [-0.39, 0.29) is 5.28 Å². The van der Waals surface area contributed by atoms with Crippen LogP contribution in [0.15, 0.2) is 24.4 Å². The van der Waals surface area contributed by atoms with Gasteiger partial charge in [0.2, 0.25) is 5.28 Å². The van der Waals surface area contributed by atoms with E-state index in [1.807, 2.05) is 22.9 Å². The zero-order valence-electron chi connectivity index (χ0n) is 12.4. The van der Waals surface area contributed by atoms with E-state index in [1.54, 1.807) is 6.07 Å². The van der Waals surface area contributed by atoms with Gasteiger partial charge in [-0.25, -0.2) is 9.97 Å². The lowest BCUT2D eigenvalue weighted by Crippen LogP contribution is -2.22. The second kappa shape index (κ2) is 6.92. The summed E-state index contributed by atoms with van der Waals surface area (Å²) >= 11 is 11.8. The summed E-state index contributed by atoms with van der Waals surface area (Å²) in [6.45, 7) is 8.28. The quantitative estimate of drug-likeness (QED) is 0.334. The Kier molecular flexibility index (Phi) is 5.43. The highest BCUT2D eigenvalue weighted by atomic mass is 35.5.